The van der Waals surface area contributed by atoms with Crippen LogP contribution >= 0.6 is 0 Å². The minimum atomic E-state index is -1.42. The van der Waals surface area contributed by atoms with Crippen molar-refractivity contribution < 1.29 is 29.6 Å². The van der Waals surface area contributed by atoms with Gasteiger partial charge < -0.3 is 37.3 Å². The summed E-state index contributed by atoms with van der Waals surface area (Å²) in [7, 11) is 1.58. The molecular formula is C29H36N4O6. The molecule has 3 aromatic carbocycles. The van der Waals surface area contributed by atoms with Crippen molar-refractivity contribution in [2.75, 3.05) is 7.11 Å². The predicted octanol–water partition coefficient (Wildman–Crippen LogP) is 0.412. The van der Waals surface area contributed by atoms with Crippen LogP contribution in [0.4, 0.5) is 0 Å². The number of aliphatic hydroxyl groups excluding tert-OH is 2. The number of primary amides is 1. The molecule has 10 heteroatoms. The topological polar surface area (TPSA) is 194 Å². The van der Waals surface area contributed by atoms with Gasteiger partial charge in [0.25, 0.3) is 0 Å². The number of carbonyl (C=O) groups excluding carboxylic acids is 1. The molecule has 0 spiro atoms. The van der Waals surface area contributed by atoms with Crippen LogP contribution in [0.25, 0.3) is 0 Å². The third-order valence-corrected chi connectivity index (χ3v) is 6.86. The second kappa shape index (κ2) is 13.3. The Bertz CT molecular complexity index is 1240. The second-order valence-electron chi connectivity index (χ2n) is 9.50. The molecule has 0 fully saturated rings. The molecule has 3 aromatic rings. The zero-order valence-corrected chi connectivity index (χ0v) is 21.7. The van der Waals surface area contributed by atoms with Crippen molar-refractivity contribution in [2.24, 2.45) is 17.2 Å². The van der Waals surface area contributed by atoms with E-state index in [1.165, 1.54) is 0 Å². The molecule has 0 heterocycles. The van der Waals surface area contributed by atoms with E-state index in [1.807, 2.05) is 54.6 Å². The first-order chi connectivity index (χ1) is 18.6. The molecule has 0 bridgehead atoms. The summed E-state index contributed by atoms with van der Waals surface area (Å²) in [4.78, 5) is 22.8. The van der Waals surface area contributed by atoms with Crippen LogP contribution in [0, 0.1) is 0 Å². The largest absolute Gasteiger partial charge is 0.497 e. The molecule has 10 nitrogen and oxygen atoms in total. The summed E-state index contributed by atoms with van der Waals surface area (Å²) in [6.07, 6.45) is -1.35. The van der Waals surface area contributed by atoms with E-state index in [-0.39, 0.29) is 0 Å². The summed E-state index contributed by atoms with van der Waals surface area (Å²) in [5.74, 6) is -1.09. The van der Waals surface area contributed by atoms with Gasteiger partial charge in [-0.25, -0.2) is 0 Å². The monoisotopic (exact) mass is 536 g/mol. The van der Waals surface area contributed by atoms with E-state index in [0.717, 1.165) is 22.4 Å². The van der Waals surface area contributed by atoms with Crippen LogP contribution in [0.5, 0.6) is 5.75 Å². The van der Waals surface area contributed by atoms with Gasteiger partial charge in [0.15, 0.2) is 0 Å². The maximum Gasteiger partial charge on any atom is 0.323 e. The molecule has 1 unspecified atom stereocenters. The Morgan fingerprint density at radius 1 is 1.03 bits per heavy atom. The fourth-order valence-corrected chi connectivity index (χ4v) is 4.53. The van der Waals surface area contributed by atoms with E-state index in [2.05, 4.69) is 5.32 Å². The number of hydrogen-bond donors (Lipinski definition) is 7. The van der Waals surface area contributed by atoms with Crippen LogP contribution in [0.3, 0.4) is 0 Å². The molecule has 0 saturated heterocycles. The van der Waals surface area contributed by atoms with Crippen molar-refractivity contribution >= 4 is 11.9 Å². The number of hydrogen-bond acceptors (Lipinski definition) is 8. The predicted molar refractivity (Wildman–Crippen MR) is 147 cm³/mol. The first-order valence-corrected chi connectivity index (χ1v) is 12.5. The maximum atomic E-state index is 11.5. The molecule has 0 saturated carbocycles. The third kappa shape index (κ3) is 7.20. The zero-order chi connectivity index (χ0) is 28.6. The molecule has 10 N–H and O–H groups in total. The van der Waals surface area contributed by atoms with Gasteiger partial charge in [0.1, 0.15) is 17.3 Å². The minimum Gasteiger partial charge on any atom is -0.497 e. The van der Waals surface area contributed by atoms with Gasteiger partial charge in [-0.1, -0.05) is 66.7 Å². The van der Waals surface area contributed by atoms with E-state index in [9.17, 15) is 24.9 Å². The lowest BCUT2D eigenvalue weighted by atomic mass is 9.90. The second-order valence-corrected chi connectivity index (χ2v) is 9.50. The van der Waals surface area contributed by atoms with Crippen LogP contribution in [0.1, 0.15) is 22.3 Å². The lowest BCUT2D eigenvalue weighted by Crippen LogP contribution is -2.55. The van der Waals surface area contributed by atoms with Crippen molar-refractivity contribution in [3.63, 3.8) is 0 Å². The Kier molecular flexibility index (Phi) is 10.2. The maximum absolute atomic E-state index is 11.5. The number of rotatable bonds is 10. The number of fused-ring (bicyclic) bond motifs is 1. The molecule has 1 amide bonds. The Labute approximate surface area is 227 Å². The first-order valence-electron chi connectivity index (χ1n) is 12.5. The average molecular weight is 537 g/mol. The molecular weight excluding hydrogens is 500 g/mol. The lowest BCUT2D eigenvalue weighted by molar-refractivity contribution is -0.143. The van der Waals surface area contributed by atoms with E-state index in [0.29, 0.717) is 24.9 Å². The molecule has 0 aliphatic heterocycles. The molecule has 0 aromatic heterocycles. The van der Waals surface area contributed by atoms with Gasteiger partial charge in [-0.15, -0.1) is 0 Å². The highest BCUT2D eigenvalue weighted by molar-refractivity contribution is 5.88. The van der Waals surface area contributed by atoms with Gasteiger partial charge in [-0.05, 0) is 40.8 Å². The number of nitrogens with two attached hydrogens (primary N) is 3. The molecule has 0 radical (unpaired) electrons. The van der Waals surface area contributed by atoms with Gasteiger partial charge in [-0.2, -0.15) is 0 Å². The SMILES string of the molecule is COc1ccc(CN[C@@H](C(=O)O)[C@@H](O)[C@@H](N)Cc2ccccc2)cc1.NC(=O)[C@]1(N)c2ccccc2CC1O. The molecule has 5 atom stereocenters. The highest BCUT2D eigenvalue weighted by Gasteiger charge is 2.47. The third-order valence-electron chi connectivity index (χ3n) is 6.86. The summed E-state index contributed by atoms with van der Waals surface area (Å²) in [5.41, 5.74) is 19.0. The summed E-state index contributed by atoms with van der Waals surface area (Å²) in [6.45, 7) is 0.302. The molecule has 1 aliphatic carbocycles. The van der Waals surface area contributed by atoms with Gasteiger partial charge >= 0.3 is 5.97 Å². The quantitative estimate of drug-likeness (QED) is 0.192. The van der Waals surface area contributed by atoms with Crippen LogP contribution < -0.4 is 27.3 Å². The van der Waals surface area contributed by atoms with Gasteiger partial charge in [0.05, 0.1) is 19.3 Å². The van der Waals surface area contributed by atoms with Crippen LogP contribution in [-0.4, -0.2) is 58.6 Å². The number of nitrogens with one attached hydrogen (secondary N) is 1. The number of benzene rings is 3. The van der Waals surface area contributed by atoms with E-state index in [1.54, 1.807) is 31.4 Å². The minimum absolute atomic E-state index is 0.302. The van der Waals surface area contributed by atoms with Gasteiger partial charge in [0, 0.05) is 19.0 Å². The smallest absolute Gasteiger partial charge is 0.323 e. The van der Waals surface area contributed by atoms with E-state index in [4.69, 9.17) is 21.9 Å². The molecule has 4 rings (SSSR count). The number of aliphatic carboxylic acids is 1. The summed E-state index contributed by atoms with van der Waals surface area (Å²) < 4.78 is 5.09. The number of methoxy groups -OCH3 is 1. The Balaban J connectivity index is 0.000000252. The lowest BCUT2D eigenvalue weighted by Gasteiger charge is -2.25. The highest BCUT2D eigenvalue weighted by atomic mass is 16.5. The molecule has 1 aliphatic rings. The van der Waals surface area contributed by atoms with Crippen molar-refractivity contribution in [3.8, 4) is 5.75 Å². The highest BCUT2D eigenvalue weighted by Crippen LogP contribution is 2.34. The van der Waals surface area contributed by atoms with Gasteiger partial charge in [0.2, 0.25) is 5.91 Å². The van der Waals surface area contributed by atoms with Crippen molar-refractivity contribution in [1.82, 2.24) is 5.32 Å². The fourth-order valence-electron chi connectivity index (χ4n) is 4.53. The molecule has 39 heavy (non-hydrogen) atoms. The van der Waals surface area contributed by atoms with Crippen molar-refractivity contribution in [2.45, 2.75) is 49.2 Å². The van der Waals surface area contributed by atoms with Crippen molar-refractivity contribution in [3.05, 3.63) is 101 Å². The Hall–Kier alpha value is -3.80. The van der Waals surface area contributed by atoms with Crippen molar-refractivity contribution in [1.29, 1.82) is 0 Å². The number of ether oxygens (including phenoxy) is 1. The van der Waals surface area contributed by atoms with E-state index < -0.39 is 41.7 Å². The van der Waals surface area contributed by atoms with Crippen LogP contribution in [-0.2, 0) is 34.5 Å². The number of carboxylic acids is 1. The standard InChI is InChI=1S/C19H24N2O4.C10H12N2O2/c1-25-15-9-7-14(8-10-15)12-21-17(19(23)24)18(22)16(20)11-13-5-3-2-4-6-13;11-9(14)10(12)7-4-2-1-3-6(7)5-8(10)13/h2-10,16-18,21-22H,11-12,20H2,1H3,(H,23,24);1-4,8,13H,5,12H2,(H2,11,14)/t16-,17+,18-;8?,10-/m00/s1. The summed E-state index contributed by atoms with van der Waals surface area (Å²) in [6, 6.07) is 22.1. The zero-order valence-electron chi connectivity index (χ0n) is 21.7. The number of amides is 1. The number of carboxylic acid groups (broad SMARTS) is 1. The van der Waals surface area contributed by atoms with Gasteiger partial charge in [-0.3, -0.25) is 14.9 Å². The van der Waals surface area contributed by atoms with Crippen LogP contribution in [0.2, 0.25) is 0 Å². The average Bonchev–Trinajstić information content (AvgIpc) is 3.20. The fraction of sp³-hybridized carbons (Fsp3) is 0.310. The Morgan fingerprint density at radius 2 is 1.64 bits per heavy atom. The first kappa shape index (κ1) is 29.8. The number of carbonyl (C=O) groups is 2. The van der Waals surface area contributed by atoms with Crippen LogP contribution in [0.15, 0.2) is 78.9 Å². The number of aliphatic hydroxyl groups is 2. The summed E-state index contributed by atoms with van der Waals surface area (Å²) in [5, 5.41) is 32.4. The normalized spacial score (nSPS) is 20.1. The Morgan fingerprint density at radius 3 is 2.23 bits per heavy atom. The molecule has 208 valence electrons. The van der Waals surface area contributed by atoms with E-state index >= 15 is 0 Å². The summed E-state index contributed by atoms with van der Waals surface area (Å²) >= 11 is 0.